The Balaban J connectivity index is 2.25. The van der Waals surface area contributed by atoms with Crippen LogP contribution >= 0.6 is 0 Å². The first kappa shape index (κ1) is 19.7. The molecule has 0 aromatic carbocycles. The smallest absolute Gasteiger partial charge is 0.409 e. The van der Waals surface area contributed by atoms with Gasteiger partial charge in [-0.05, 0) is 37.5 Å². The van der Waals surface area contributed by atoms with Gasteiger partial charge in [0.1, 0.15) is 0 Å². The number of amides is 1. The van der Waals surface area contributed by atoms with Crippen LogP contribution in [0.1, 0.15) is 59.3 Å². The zero-order valence-corrected chi connectivity index (χ0v) is 14.5. The molecule has 1 atom stereocenters. The first-order chi connectivity index (χ1) is 10.9. The van der Waals surface area contributed by atoms with Crippen molar-refractivity contribution in [3.8, 4) is 0 Å². The minimum absolute atomic E-state index is 0.225. The van der Waals surface area contributed by atoms with Crippen molar-refractivity contribution in [2.75, 3.05) is 13.2 Å². The predicted molar refractivity (Wildman–Crippen MR) is 87.1 cm³/mol. The first-order valence-corrected chi connectivity index (χ1v) is 8.71. The second-order valence-corrected chi connectivity index (χ2v) is 6.79. The average Bonchev–Trinajstić information content (AvgIpc) is 2.51. The molecule has 23 heavy (non-hydrogen) atoms. The van der Waals surface area contributed by atoms with Crippen LogP contribution in [-0.2, 0) is 14.3 Å². The molecule has 0 heterocycles. The van der Waals surface area contributed by atoms with Crippen LogP contribution in [0.2, 0.25) is 0 Å². The number of alkyl carbamates (subject to hydrolysis) is 1. The highest BCUT2D eigenvalue weighted by molar-refractivity contribution is 5.70. The Morgan fingerprint density at radius 2 is 1.87 bits per heavy atom. The number of hydrogen-bond acceptors (Lipinski definition) is 4. The molecule has 6 nitrogen and oxygen atoms in total. The molecule has 1 rings (SSSR count). The number of rotatable bonds is 9. The number of aliphatic carboxylic acids is 1. The molecule has 0 radical (unpaired) electrons. The van der Waals surface area contributed by atoms with Crippen molar-refractivity contribution in [1.82, 2.24) is 5.32 Å². The lowest BCUT2D eigenvalue weighted by molar-refractivity contribution is -0.143. The number of hydrogen-bond donors (Lipinski definition) is 2. The Labute approximate surface area is 138 Å². The number of ether oxygens (including phenoxy) is 2. The maximum absolute atomic E-state index is 11.9. The molecule has 1 unspecified atom stereocenters. The first-order valence-electron chi connectivity index (χ1n) is 8.71. The average molecular weight is 329 g/mol. The zero-order valence-electron chi connectivity index (χ0n) is 14.5. The number of carboxylic acids is 1. The molecule has 0 aliphatic heterocycles. The lowest BCUT2D eigenvalue weighted by Crippen LogP contribution is -2.35. The fourth-order valence-electron chi connectivity index (χ4n) is 2.71. The number of carbonyl (C=O) groups excluding carboxylic acids is 1. The molecule has 1 saturated carbocycles. The van der Waals surface area contributed by atoms with E-state index in [-0.39, 0.29) is 5.92 Å². The molecule has 1 amide bonds. The van der Waals surface area contributed by atoms with E-state index in [9.17, 15) is 9.59 Å². The van der Waals surface area contributed by atoms with Gasteiger partial charge in [-0.2, -0.15) is 0 Å². The van der Waals surface area contributed by atoms with Gasteiger partial charge in [0, 0.05) is 13.0 Å². The summed E-state index contributed by atoms with van der Waals surface area (Å²) in [5.41, 5.74) is 0. The number of carbonyl (C=O) groups is 2. The van der Waals surface area contributed by atoms with Gasteiger partial charge in [0.15, 0.2) is 0 Å². The van der Waals surface area contributed by atoms with E-state index in [0.717, 1.165) is 19.3 Å². The predicted octanol–water partition coefficient (Wildman–Crippen LogP) is 3.40. The van der Waals surface area contributed by atoms with Crippen LogP contribution in [0.25, 0.3) is 0 Å². The molecule has 6 heteroatoms. The lowest BCUT2D eigenvalue weighted by Gasteiger charge is -2.26. The summed E-state index contributed by atoms with van der Waals surface area (Å²) in [7, 11) is 0. The summed E-state index contributed by atoms with van der Waals surface area (Å²) in [6, 6.07) is 0. The minimum atomic E-state index is -0.708. The minimum Gasteiger partial charge on any atom is -0.481 e. The van der Waals surface area contributed by atoms with E-state index < -0.39 is 18.4 Å². The van der Waals surface area contributed by atoms with Crippen LogP contribution in [0.5, 0.6) is 0 Å². The third-order valence-electron chi connectivity index (χ3n) is 4.11. The van der Waals surface area contributed by atoms with Crippen molar-refractivity contribution >= 4 is 12.1 Å². The Bertz CT molecular complexity index is 364. The molecule has 0 spiro atoms. The summed E-state index contributed by atoms with van der Waals surface area (Å²) in [5, 5.41) is 11.8. The third kappa shape index (κ3) is 8.21. The second-order valence-electron chi connectivity index (χ2n) is 6.79. The maximum Gasteiger partial charge on any atom is 0.409 e. The van der Waals surface area contributed by atoms with E-state index in [1.54, 1.807) is 0 Å². The standard InChI is InChI=1S/C17H31NO5/c1-4-5-15(22-11-12(2)3)23-17(21)18-10-13-6-8-14(9-7-13)16(19)20/h12-15H,4-11H2,1-3H3,(H,18,21)(H,19,20). The SMILES string of the molecule is CCCC(OCC(C)C)OC(=O)NCC1CCC(C(=O)O)CC1. The monoisotopic (exact) mass is 329 g/mol. The second kappa shape index (κ2) is 10.5. The van der Waals surface area contributed by atoms with Gasteiger partial charge < -0.3 is 19.9 Å². The summed E-state index contributed by atoms with van der Waals surface area (Å²) in [6.07, 6.45) is 3.66. The zero-order chi connectivity index (χ0) is 17.2. The van der Waals surface area contributed by atoms with Crippen LogP contribution in [0, 0.1) is 17.8 Å². The topological polar surface area (TPSA) is 84.9 Å². The van der Waals surface area contributed by atoms with Gasteiger partial charge in [-0.15, -0.1) is 0 Å². The van der Waals surface area contributed by atoms with E-state index >= 15 is 0 Å². The quantitative estimate of drug-likeness (QED) is 0.633. The summed E-state index contributed by atoms with van der Waals surface area (Å²) >= 11 is 0. The van der Waals surface area contributed by atoms with Gasteiger partial charge in [0.2, 0.25) is 6.29 Å². The highest BCUT2D eigenvalue weighted by Crippen LogP contribution is 2.28. The highest BCUT2D eigenvalue weighted by Gasteiger charge is 2.26. The van der Waals surface area contributed by atoms with Crippen LogP contribution in [-0.4, -0.2) is 36.6 Å². The molecule has 0 saturated heterocycles. The van der Waals surface area contributed by atoms with Gasteiger partial charge in [-0.3, -0.25) is 4.79 Å². The van der Waals surface area contributed by atoms with Crippen molar-refractivity contribution in [3.05, 3.63) is 0 Å². The Kier molecular flexibility index (Phi) is 8.99. The number of carboxylic acid groups (broad SMARTS) is 1. The van der Waals surface area contributed by atoms with Crippen molar-refractivity contribution in [2.24, 2.45) is 17.8 Å². The molecule has 1 aliphatic rings. The fraction of sp³-hybridized carbons (Fsp3) is 0.882. The lowest BCUT2D eigenvalue weighted by atomic mass is 9.82. The molecule has 0 aromatic heterocycles. The van der Waals surface area contributed by atoms with Gasteiger partial charge in [-0.25, -0.2) is 4.79 Å². The molecule has 1 fully saturated rings. The normalized spacial score (nSPS) is 22.6. The molecular weight excluding hydrogens is 298 g/mol. The Hall–Kier alpha value is -1.30. The number of nitrogens with one attached hydrogen (secondary N) is 1. The fourth-order valence-corrected chi connectivity index (χ4v) is 2.71. The van der Waals surface area contributed by atoms with Gasteiger partial charge in [-0.1, -0.05) is 27.2 Å². The van der Waals surface area contributed by atoms with E-state index in [2.05, 4.69) is 19.2 Å². The largest absolute Gasteiger partial charge is 0.481 e. The summed E-state index contributed by atoms with van der Waals surface area (Å²) < 4.78 is 10.9. The molecular formula is C17H31NO5. The van der Waals surface area contributed by atoms with E-state index in [1.165, 1.54) is 0 Å². The van der Waals surface area contributed by atoms with Crippen molar-refractivity contribution < 1.29 is 24.2 Å². The van der Waals surface area contributed by atoms with Crippen LogP contribution in [0.3, 0.4) is 0 Å². The maximum atomic E-state index is 11.9. The van der Waals surface area contributed by atoms with Crippen LogP contribution < -0.4 is 5.32 Å². The van der Waals surface area contributed by atoms with Crippen molar-refractivity contribution in [2.45, 2.75) is 65.6 Å². The Morgan fingerprint density at radius 1 is 1.22 bits per heavy atom. The van der Waals surface area contributed by atoms with Crippen LogP contribution in [0.4, 0.5) is 4.79 Å². The molecule has 0 bridgehead atoms. The Morgan fingerprint density at radius 3 is 2.39 bits per heavy atom. The summed E-state index contributed by atoms with van der Waals surface area (Å²) in [6.45, 7) is 7.23. The van der Waals surface area contributed by atoms with Gasteiger partial charge in [0.05, 0.1) is 12.5 Å². The molecule has 2 N–H and O–H groups in total. The molecule has 1 aliphatic carbocycles. The van der Waals surface area contributed by atoms with E-state index in [1.807, 2.05) is 6.92 Å². The van der Waals surface area contributed by atoms with Crippen molar-refractivity contribution in [1.29, 1.82) is 0 Å². The van der Waals surface area contributed by atoms with E-state index in [4.69, 9.17) is 14.6 Å². The van der Waals surface area contributed by atoms with Crippen LogP contribution in [0.15, 0.2) is 0 Å². The van der Waals surface area contributed by atoms with Crippen molar-refractivity contribution in [3.63, 3.8) is 0 Å². The van der Waals surface area contributed by atoms with Gasteiger partial charge >= 0.3 is 12.1 Å². The molecule has 134 valence electrons. The summed E-state index contributed by atoms with van der Waals surface area (Å²) in [5.74, 6) is -0.207. The van der Waals surface area contributed by atoms with Gasteiger partial charge in [0.25, 0.3) is 0 Å². The molecule has 0 aromatic rings. The highest BCUT2D eigenvalue weighted by atomic mass is 16.7. The third-order valence-corrected chi connectivity index (χ3v) is 4.11. The van der Waals surface area contributed by atoms with E-state index in [0.29, 0.717) is 44.2 Å². The summed E-state index contributed by atoms with van der Waals surface area (Å²) in [4.78, 5) is 22.8.